The lowest BCUT2D eigenvalue weighted by atomic mass is 10.1. The molecule has 0 bridgehead atoms. The van der Waals surface area contributed by atoms with Crippen molar-refractivity contribution in [3.63, 3.8) is 0 Å². The minimum Gasteiger partial charge on any atom is -0.316 e. The highest BCUT2D eigenvalue weighted by atomic mass is 32.1. The van der Waals surface area contributed by atoms with Crippen LogP contribution in [0.2, 0.25) is 0 Å². The Balaban J connectivity index is 2.08. The maximum Gasteiger partial charge on any atom is 0.269 e. The summed E-state index contributed by atoms with van der Waals surface area (Å²) in [5.74, 6) is 0. The maximum absolute atomic E-state index is 10.9. The first-order chi connectivity index (χ1) is 12.5. The lowest BCUT2D eigenvalue weighted by Gasteiger charge is -2.08. The Morgan fingerprint density at radius 1 is 1.15 bits per heavy atom. The van der Waals surface area contributed by atoms with E-state index in [0.717, 1.165) is 40.3 Å². The molecule has 0 radical (unpaired) electrons. The molecule has 5 nitrogen and oxygen atoms in total. The molecule has 6 heteroatoms. The summed E-state index contributed by atoms with van der Waals surface area (Å²) in [4.78, 5) is 16.3. The molecule has 2 aromatic carbocycles. The van der Waals surface area contributed by atoms with Crippen molar-refractivity contribution in [2.75, 3.05) is 0 Å². The number of nitro groups is 1. The molecule has 3 rings (SSSR count). The van der Waals surface area contributed by atoms with E-state index in [2.05, 4.69) is 42.9 Å². The molecule has 0 aliphatic carbocycles. The number of aryl methyl sites for hydroxylation is 2. The first kappa shape index (κ1) is 18.1. The third kappa shape index (κ3) is 3.75. The Kier molecular flexibility index (Phi) is 5.32. The zero-order chi connectivity index (χ0) is 18.7. The largest absolute Gasteiger partial charge is 0.316 e. The van der Waals surface area contributed by atoms with Crippen LogP contribution in [0.4, 0.5) is 11.4 Å². The smallest absolute Gasteiger partial charge is 0.269 e. The summed E-state index contributed by atoms with van der Waals surface area (Å²) in [7, 11) is 0. The molecule has 0 unspecified atom stereocenters. The van der Waals surface area contributed by atoms with Gasteiger partial charge in [0.1, 0.15) is 0 Å². The number of benzene rings is 2. The van der Waals surface area contributed by atoms with Gasteiger partial charge in [-0.1, -0.05) is 24.6 Å². The number of aromatic nitrogens is 1. The molecule has 0 saturated carbocycles. The van der Waals surface area contributed by atoms with Crippen LogP contribution < -0.4 is 4.80 Å². The van der Waals surface area contributed by atoms with Crippen molar-refractivity contribution >= 4 is 22.7 Å². The van der Waals surface area contributed by atoms with Gasteiger partial charge in [0.15, 0.2) is 4.80 Å². The molecular weight excluding hydrogens is 346 g/mol. The van der Waals surface area contributed by atoms with E-state index in [-0.39, 0.29) is 10.6 Å². The molecule has 0 atom stereocenters. The fourth-order valence-corrected chi connectivity index (χ4v) is 3.83. The summed E-state index contributed by atoms with van der Waals surface area (Å²) in [6, 6.07) is 12.9. The van der Waals surface area contributed by atoms with Crippen LogP contribution in [0.25, 0.3) is 11.3 Å². The molecule has 0 N–H and O–H groups in total. The van der Waals surface area contributed by atoms with Crippen LogP contribution in [0.15, 0.2) is 52.8 Å². The van der Waals surface area contributed by atoms with Crippen LogP contribution in [0, 0.1) is 24.0 Å². The molecule has 134 valence electrons. The summed E-state index contributed by atoms with van der Waals surface area (Å²) in [6.45, 7) is 7.12. The average Bonchev–Trinajstić information content (AvgIpc) is 3.00. The van der Waals surface area contributed by atoms with Crippen molar-refractivity contribution in [2.24, 2.45) is 4.99 Å². The van der Waals surface area contributed by atoms with Crippen LogP contribution in [0.3, 0.4) is 0 Å². The summed E-state index contributed by atoms with van der Waals surface area (Å²) >= 11 is 1.59. The van der Waals surface area contributed by atoms with Gasteiger partial charge in [-0.05, 0) is 49.6 Å². The quantitative estimate of drug-likeness (QED) is 0.449. The molecule has 0 saturated heterocycles. The number of non-ortho nitro benzene ring substituents is 1. The Labute approximate surface area is 156 Å². The van der Waals surface area contributed by atoms with Gasteiger partial charge in [-0.25, -0.2) is 4.99 Å². The minimum atomic E-state index is -0.377. The number of nitrogens with zero attached hydrogens (tertiary/aromatic N) is 3. The predicted octanol–water partition coefficient (Wildman–Crippen LogP) is 5.38. The van der Waals surface area contributed by atoms with E-state index in [1.165, 1.54) is 5.56 Å². The van der Waals surface area contributed by atoms with Gasteiger partial charge in [0.05, 0.1) is 16.3 Å². The van der Waals surface area contributed by atoms with Crippen molar-refractivity contribution < 1.29 is 4.92 Å². The highest BCUT2D eigenvalue weighted by Gasteiger charge is 2.10. The Morgan fingerprint density at radius 3 is 2.50 bits per heavy atom. The van der Waals surface area contributed by atoms with E-state index < -0.39 is 0 Å². The first-order valence-corrected chi connectivity index (χ1v) is 9.42. The lowest BCUT2D eigenvalue weighted by molar-refractivity contribution is -0.384. The highest BCUT2D eigenvalue weighted by Crippen LogP contribution is 2.24. The SMILES string of the molecule is CCCn1c(-c2ccc([N+](=O)[O-])cc2)csc1=Nc1ccc(C)cc1C. The van der Waals surface area contributed by atoms with Gasteiger partial charge >= 0.3 is 0 Å². The lowest BCUT2D eigenvalue weighted by Crippen LogP contribution is -2.15. The number of rotatable bonds is 5. The van der Waals surface area contributed by atoms with Crippen LogP contribution in [-0.2, 0) is 6.54 Å². The fraction of sp³-hybridized carbons (Fsp3) is 0.250. The van der Waals surface area contributed by atoms with Gasteiger partial charge in [-0.3, -0.25) is 10.1 Å². The Hall–Kier alpha value is -2.73. The van der Waals surface area contributed by atoms with E-state index in [1.807, 2.05) is 6.07 Å². The second-order valence-electron chi connectivity index (χ2n) is 6.26. The molecule has 0 spiro atoms. The average molecular weight is 367 g/mol. The Morgan fingerprint density at radius 2 is 1.88 bits per heavy atom. The van der Waals surface area contributed by atoms with Crippen molar-refractivity contribution in [2.45, 2.75) is 33.7 Å². The van der Waals surface area contributed by atoms with Crippen LogP contribution in [0.1, 0.15) is 24.5 Å². The van der Waals surface area contributed by atoms with Crippen molar-refractivity contribution in [1.82, 2.24) is 4.57 Å². The monoisotopic (exact) mass is 367 g/mol. The van der Waals surface area contributed by atoms with Crippen molar-refractivity contribution in [3.05, 3.63) is 73.9 Å². The van der Waals surface area contributed by atoms with Gasteiger partial charge in [0.2, 0.25) is 0 Å². The number of nitro benzene ring substituents is 1. The standard InChI is InChI=1S/C20H21N3O2S/c1-4-11-22-19(16-6-8-17(9-7-16)23(24)25)13-26-20(22)21-18-10-5-14(2)12-15(18)3/h5-10,12-13H,4,11H2,1-3H3. The third-order valence-electron chi connectivity index (χ3n) is 4.19. The fourth-order valence-electron chi connectivity index (χ4n) is 2.88. The van der Waals surface area contributed by atoms with Crippen molar-refractivity contribution in [3.8, 4) is 11.3 Å². The van der Waals surface area contributed by atoms with E-state index in [0.29, 0.717) is 0 Å². The zero-order valence-electron chi connectivity index (χ0n) is 15.1. The molecule has 0 fully saturated rings. The first-order valence-electron chi connectivity index (χ1n) is 8.54. The third-order valence-corrected chi connectivity index (χ3v) is 5.05. The van der Waals surface area contributed by atoms with Gasteiger partial charge in [0.25, 0.3) is 5.69 Å². The Bertz CT molecular complexity index is 1000. The van der Waals surface area contributed by atoms with Gasteiger partial charge in [-0.15, -0.1) is 11.3 Å². The molecule has 26 heavy (non-hydrogen) atoms. The summed E-state index contributed by atoms with van der Waals surface area (Å²) < 4.78 is 2.19. The molecule has 1 aromatic heterocycles. The molecule has 1 heterocycles. The minimum absolute atomic E-state index is 0.103. The summed E-state index contributed by atoms with van der Waals surface area (Å²) in [5.41, 5.74) is 5.44. The number of hydrogen-bond donors (Lipinski definition) is 0. The molecule has 0 aliphatic heterocycles. The second-order valence-corrected chi connectivity index (χ2v) is 7.10. The van der Waals surface area contributed by atoms with Gasteiger partial charge in [0, 0.05) is 24.1 Å². The molecular formula is C20H21N3O2S. The number of thiazole rings is 1. The van der Waals surface area contributed by atoms with Crippen LogP contribution >= 0.6 is 11.3 Å². The van der Waals surface area contributed by atoms with E-state index in [1.54, 1.807) is 35.6 Å². The van der Waals surface area contributed by atoms with Gasteiger partial charge < -0.3 is 4.57 Å². The number of hydrogen-bond acceptors (Lipinski definition) is 4. The van der Waals surface area contributed by atoms with Gasteiger partial charge in [-0.2, -0.15) is 0 Å². The summed E-state index contributed by atoms with van der Waals surface area (Å²) in [6.07, 6.45) is 0.983. The highest BCUT2D eigenvalue weighted by molar-refractivity contribution is 7.07. The van der Waals surface area contributed by atoms with Crippen LogP contribution in [-0.4, -0.2) is 9.49 Å². The molecule has 0 amide bonds. The van der Waals surface area contributed by atoms with E-state index in [9.17, 15) is 10.1 Å². The molecule has 3 aromatic rings. The second kappa shape index (κ2) is 7.66. The van der Waals surface area contributed by atoms with Crippen LogP contribution in [0.5, 0.6) is 0 Å². The molecule has 0 aliphatic rings. The van der Waals surface area contributed by atoms with Crippen molar-refractivity contribution in [1.29, 1.82) is 0 Å². The topological polar surface area (TPSA) is 60.4 Å². The van der Waals surface area contributed by atoms with E-state index >= 15 is 0 Å². The zero-order valence-corrected chi connectivity index (χ0v) is 15.9. The normalized spacial score (nSPS) is 11.7. The summed E-state index contributed by atoms with van der Waals surface area (Å²) in [5, 5.41) is 12.9. The predicted molar refractivity (Wildman–Crippen MR) is 106 cm³/mol. The van der Waals surface area contributed by atoms with E-state index in [4.69, 9.17) is 4.99 Å². The maximum atomic E-state index is 10.9.